The SMILES string of the molecule is COC(=O)C(Cl)Cc1c(C#N)cnn1-c1ncc(C(F)(F)F)cc1Cl. The van der Waals surface area contributed by atoms with Gasteiger partial charge in [0.15, 0.2) is 5.82 Å². The number of ether oxygens (including phenoxy) is 1. The summed E-state index contributed by atoms with van der Waals surface area (Å²) < 4.78 is 43.7. The number of nitriles is 1. The molecule has 0 amide bonds. The fourth-order valence-electron chi connectivity index (χ4n) is 1.97. The molecule has 25 heavy (non-hydrogen) atoms. The third-order valence-electron chi connectivity index (χ3n) is 3.17. The van der Waals surface area contributed by atoms with E-state index in [1.807, 2.05) is 6.07 Å². The lowest BCUT2D eigenvalue weighted by atomic mass is 10.1. The fourth-order valence-corrected chi connectivity index (χ4v) is 2.45. The Morgan fingerprint density at radius 3 is 2.68 bits per heavy atom. The van der Waals surface area contributed by atoms with Gasteiger partial charge in [0.2, 0.25) is 0 Å². The summed E-state index contributed by atoms with van der Waals surface area (Å²) in [5, 5.41) is 11.6. The molecule has 6 nitrogen and oxygen atoms in total. The van der Waals surface area contributed by atoms with Crippen molar-refractivity contribution in [1.29, 1.82) is 5.26 Å². The zero-order valence-corrected chi connectivity index (χ0v) is 14.0. The summed E-state index contributed by atoms with van der Waals surface area (Å²) in [5.74, 6) is -0.857. The molecule has 0 bridgehead atoms. The summed E-state index contributed by atoms with van der Waals surface area (Å²) in [7, 11) is 1.15. The molecule has 0 aromatic carbocycles. The average molecular weight is 393 g/mol. The van der Waals surface area contributed by atoms with E-state index in [4.69, 9.17) is 28.5 Å². The topological polar surface area (TPSA) is 80.8 Å². The molecule has 2 rings (SSSR count). The molecule has 0 N–H and O–H groups in total. The number of alkyl halides is 4. The Morgan fingerprint density at radius 2 is 2.16 bits per heavy atom. The molecule has 2 aromatic rings. The van der Waals surface area contributed by atoms with E-state index in [9.17, 15) is 18.0 Å². The van der Waals surface area contributed by atoms with Crippen LogP contribution in [-0.4, -0.2) is 33.2 Å². The molecule has 0 saturated heterocycles. The number of hydrogen-bond acceptors (Lipinski definition) is 5. The highest BCUT2D eigenvalue weighted by atomic mass is 35.5. The molecule has 0 saturated carbocycles. The van der Waals surface area contributed by atoms with Crippen LogP contribution in [0.1, 0.15) is 16.8 Å². The molecule has 1 atom stereocenters. The van der Waals surface area contributed by atoms with E-state index in [1.165, 1.54) is 6.20 Å². The Hall–Kier alpha value is -2.31. The lowest BCUT2D eigenvalue weighted by Crippen LogP contribution is -2.21. The first-order valence-corrected chi connectivity index (χ1v) is 7.42. The van der Waals surface area contributed by atoms with Gasteiger partial charge in [-0.15, -0.1) is 11.6 Å². The highest BCUT2D eigenvalue weighted by Gasteiger charge is 2.32. The minimum absolute atomic E-state index is 0.0762. The maximum Gasteiger partial charge on any atom is 0.417 e. The van der Waals surface area contributed by atoms with Crippen LogP contribution in [0.15, 0.2) is 18.5 Å². The van der Waals surface area contributed by atoms with Crippen LogP contribution in [0.5, 0.6) is 0 Å². The van der Waals surface area contributed by atoms with Crippen molar-refractivity contribution in [2.75, 3.05) is 7.11 Å². The molecule has 2 aromatic heterocycles. The highest BCUT2D eigenvalue weighted by Crippen LogP contribution is 2.32. The van der Waals surface area contributed by atoms with Gasteiger partial charge < -0.3 is 4.74 Å². The zero-order valence-electron chi connectivity index (χ0n) is 12.5. The van der Waals surface area contributed by atoms with Crippen molar-refractivity contribution in [1.82, 2.24) is 14.8 Å². The van der Waals surface area contributed by atoms with Gasteiger partial charge in [-0.1, -0.05) is 11.6 Å². The smallest absolute Gasteiger partial charge is 0.417 e. The first kappa shape index (κ1) is 19.0. The number of pyridine rings is 1. The minimum atomic E-state index is -4.61. The normalized spacial score (nSPS) is 12.5. The minimum Gasteiger partial charge on any atom is -0.468 e. The van der Waals surface area contributed by atoms with Gasteiger partial charge in [0, 0.05) is 12.6 Å². The molecule has 0 radical (unpaired) electrons. The van der Waals surface area contributed by atoms with E-state index in [1.54, 1.807) is 0 Å². The number of nitrogens with zero attached hydrogens (tertiary/aromatic N) is 4. The third-order valence-corrected chi connectivity index (χ3v) is 3.78. The molecule has 2 heterocycles. The second-order valence-corrected chi connectivity index (χ2v) is 5.68. The van der Waals surface area contributed by atoms with Crippen LogP contribution in [0, 0.1) is 11.3 Å². The molecule has 0 fully saturated rings. The molecular formula is C14H9Cl2F3N4O2. The predicted molar refractivity (Wildman–Crippen MR) is 81.4 cm³/mol. The molecule has 0 spiro atoms. The first-order chi connectivity index (χ1) is 11.7. The standard InChI is InChI=1S/C14H9Cl2F3N4O2/c1-25-13(24)10(16)3-11-7(4-20)5-22-23(11)12-9(15)2-8(6-21-12)14(17,18)19/h2,5-6,10H,3H2,1H3. The Morgan fingerprint density at radius 1 is 1.48 bits per heavy atom. The van der Waals surface area contributed by atoms with Gasteiger partial charge in [-0.05, 0) is 6.07 Å². The third kappa shape index (κ3) is 4.03. The van der Waals surface area contributed by atoms with Gasteiger partial charge in [0.05, 0.1) is 35.2 Å². The van der Waals surface area contributed by atoms with E-state index in [0.29, 0.717) is 12.3 Å². The van der Waals surface area contributed by atoms with Crippen molar-refractivity contribution >= 4 is 29.2 Å². The van der Waals surface area contributed by atoms with Gasteiger partial charge in [0.1, 0.15) is 11.4 Å². The second kappa shape index (κ2) is 7.29. The van der Waals surface area contributed by atoms with Crippen molar-refractivity contribution < 1.29 is 22.7 Å². The number of hydrogen-bond donors (Lipinski definition) is 0. The van der Waals surface area contributed by atoms with Gasteiger partial charge in [-0.3, -0.25) is 4.79 Å². The van der Waals surface area contributed by atoms with Gasteiger partial charge >= 0.3 is 12.1 Å². The molecule has 1 unspecified atom stereocenters. The van der Waals surface area contributed by atoms with Crippen molar-refractivity contribution in [2.24, 2.45) is 0 Å². The number of carbonyl (C=O) groups is 1. The van der Waals surface area contributed by atoms with Crippen molar-refractivity contribution in [3.8, 4) is 11.9 Å². The van der Waals surface area contributed by atoms with Crippen LogP contribution < -0.4 is 0 Å². The second-order valence-electron chi connectivity index (χ2n) is 4.75. The van der Waals surface area contributed by atoms with Crippen molar-refractivity contribution in [3.63, 3.8) is 0 Å². The number of aromatic nitrogens is 3. The molecule has 0 aliphatic carbocycles. The summed E-state index contributed by atoms with van der Waals surface area (Å²) in [6, 6.07) is 2.55. The number of rotatable bonds is 4. The maximum atomic E-state index is 12.7. The highest BCUT2D eigenvalue weighted by molar-refractivity contribution is 6.32. The molecule has 11 heteroatoms. The monoisotopic (exact) mass is 392 g/mol. The van der Waals surface area contributed by atoms with Crippen molar-refractivity contribution in [2.45, 2.75) is 18.0 Å². The summed E-state index contributed by atoms with van der Waals surface area (Å²) in [5.41, 5.74) is -0.783. The molecule has 132 valence electrons. The Balaban J connectivity index is 2.49. The molecule has 0 aliphatic rings. The predicted octanol–water partition coefficient (Wildman–Crippen LogP) is 3.13. The summed E-state index contributed by atoms with van der Waals surface area (Å²) >= 11 is 11.8. The Bertz CT molecular complexity index is 846. The van der Waals surface area contributed by atoms with E-state index < -0.39 is 23.1 Å². The maximum absolute atomic E-state index is 12.7. The number of carbonyl (C=O) groups excluding carboxylic acids is 1. The molecule has 0 aliphatic heterocycles. The van der Waals surface area contributed by atoms with Crippen LogP contribution in [0.2, 0.25) is 5.02 Å². The Kier molecular flexibility index (Phi) is 5.55. The van der Waals surface area contributed by atoms with E-state index in [0.717, 1.165) is 11.8 Å². The number of esters is 1. The van der Waals surface area contributed by atoms with E-state index in [2.05, 4.69) is 14.8 Å². The lowest BCUT2D eigenvalue weighted by molar-refractivity contribution is -0.140. The van der Waals surface area contributed by atoms with Crippen molar-refractivity contribution in [3.05, 3.63) is 40.3 Å². The largest absolute Gasteiger partial charge is 0.468 e. The summed E-state index contributed by atoms with van der Waals surface area (Å²) in [6.45, 7) is 0. The van der Waals surface area contributed by atoms with Crippen LogP contribution in [0.25, 0.3) is 5.82 Å². The zero-order chi connectivity index (χ0) is 18.8. The fraction of sp³-hybridized carbons (Fsp3) is 0.286. The number of methoxy groups -OCH3 is 1. The quantitative estimate of drug-likeness (QED) is 0.589. The summed E-state index contributed by atoms with van der Waals surface area (Å²) in [4.78, 5) is 15.1. The van der Waals surface area contributed by atoms with Gasteiger partial charge in [-0.25, -0.2) is 9.67 Å². The van der Waals surface area contributed by atoms with Gasteiger partial charge in [-0.2, -0.15) is 23.5 Å². The van der Waals surface area contributed by atoms with Crippen LogP contribution in [0.4, 0.5) is 13.2 Å². The first-order valence-electron chi connectivity index (χ1n) is 6.61. The average Bonchev–Trinajstić information content (AvgIpc) is 2.95. The lowest BCUT2D eigenvalue weighted by Gasteiger charge is -2.13. The van der Waals surface area contributed by atoms with E-state index >= 15 is 0 Å². The van der Waals surface area contributed by atoms with E-state index in [-0.39, 0.29) is 28.5 Å². The van der Waals surface area contributed by atoms with Gasteiger partial charge in [0.25, 0.3) is 0 Å². The summed E-state index contributed by atoms with van der Waals surface area (Å²) in [6.07, 6.45) is -2.99. The van der Waals surface area contributed by atoms with Crippen LogP contribution >= 0.6 is 23.2 Å². The number of halogens is 5. The van der Waals surface area contributed by atoms with Crippen LogP contribution in [-0.2, 0) is 22.1 Å². The Labute approximate surface area is 149 Å². The van der Waals surface area contributed by atoms with Crippen LogP contribution in [0.3, 0.4) is 0 Å². The molecular weight excluding hydrogens is 384 g/mol.